The third kappa shape index (κ3) is 0.698. The van der Waals surface area contributed by atoms with Gasteiger partial charge in [0.25, 0.3) is 0 Å². The van der Waals surface area contributed by atoms with Crippen molar-refractivity contribution in [2.45, 2.75) is 31.8 Å². The zero-order valence-electron chi connectivity index (χ0n) is 6.75. The van der Waals surface area contributed by atoms with E-state index in [0.29, 0.717) is 11.5 Å². The van der Waals surface area contributed by atoms with E-state index < -0.39 is 0 Å². The van der Waals surface area contributed by atoms with Gasteiger partial charge in [-0.15, -0.1) is 0 Å². The van der Waals surface area contributed by atoms with Crippen molar-refractivity contribution in [1.82, 2.24) is 0 Å². The predicted octanol–water partition coefficient (Wildman–Crippen LogP) is 2.13. The number of hydrogen-bond acceptors (Lipinski definition) is 1. The minimum absolute atomic E-state index is 0.503. The monoisotopic (exact) mass is 150 g/mol. The quantitative estimate of drug-likeness (QED) is 0.481. The summed E-state index contributed by atoms with van der Waals surface area (Å²) in [5.41, 5.74) is 0.503. The lowest BCUT2D eigenvalue weighted by Crippen LogP contribution is -2.35. The van der Waals surface area contributed by atoms with Crippen LogP contribution in [0.2, 0.25) is 0 Å². The minimum Gasteiger partial charge on any atom is -0.377 e. The molecule has 2 fully saturated rings. The molecule has 0 aromatic rings. The van der Waals surface area contributed by atoms with Crippen molar-refractivity contribution < 1.29 is 4.74 Å². The zero-order chi connectivity index (χ0) is 7.31. The molecule has 0 aromatic heterocycles. The normalized spacial score (nSPS) is 53.1. The molecule has 60 valence electrons. The van der Waals surface area contributed by atoms with Gasteiger partial charge in [-0.05, 0) is 31.6 Å². The van der Waals surface area contributed by atoms with Gasteiger partial charge in [0.2, 0.25) is 0 Å². The summed E-state index contributed by atoms with van der Waals surface area (Å²) in [6.07, 6.45) is 10.8. The summed E-state index contributed by atoms with van der Waals surface area (Å²) in [4.78, 5) is 0. The largest absolute Gasteiger partial charge is 0.377 e. The fraction of sp³-hybridized carbons (Fsp3) is 0.800. The Hall–Kier alpha value is -0.300. The van der Waals surface area contributed by atoms with Crippen LogP contribution in [0.15, 0.2) is 12.2 Å². The molecule has 3 unspecified atom stereocenters. The van der Waals surface area contributed by atoms with Crippen LogP contribution in [0.5, 0.6) is 0 Å². The van der Waals surface area contributed by atoms with E-state index in [-0.39, 0.29) is 0 Å². The van der Waals surface area contributed by atoms with E-state index in [2.05, 4.69) is 12.2 Å². The summed E-state index contributed by atoms with van der Waals surface area (Å²) < 4.78 is 5.78. The van der Waals surface area contributed by atoms with Crippen LogP contribution in [0.4, 0.5) is 0 Å². The predicted molar refractivity (Wildman–Crippen MR) is 43.3 cm³/mol. The fourth-order valence-corrected chi connectivity index (χ4v) is 3.07. The topological polar surface area (TPSA) is 9.23 Å². The zero-order valence-corrected chi connectivity index (χ0v) is 6.75. The van der Waals surface area contributed by atoms with Gasteiger partial charge in [-0.25, -0.2) is 0 Å². The first-order valence-electron chi connectivity index (χ1n) is 4.70. The maximum atomic E-state index is 5.78. The molecule has 3 atom stereocenters. The standard InChI is InChI=1S/C10H14O/c1-3-10-4-2-8(7-10)6-9(10)11-5-1/h2,4,8-9H,1,3,5-7H2. The molecule has 1 nitrogen and oxygen atoms in total. The molecule has 1 heteroatoms. The number of allylic oxidation sites excluding steroid dienone is 1. The third-order valence-electron chi connectivity index (χ3n) is 3.61. The van der Waals surface area contributed by atoms with Crippen molar-refractivity contribution in [2.24, 2.45) is 11.3 Å². The Morgan fingerprint density at radius 1 is 1.45 bits per heavy atom. The number of ether oxygens (including phenoxy) is 1. The van der Waals surface area contributed by atoms with Gasteiger partial charge in [0, 0.05) is 12.0 Å². The molecule has 0 N–H and O–H groups in total. The Morgan fingerprint density at radius 2 is 2.45 bits per heavy atom. The van der Waals surface area contributed by atoms with Gasteiger partial charge in [-0.2, -0.15) is 0 Å². The highest BCUT2D eigenvalue weighted by Crippen LogP contribution is 2.54. The lowest BCUT2D eigenvalue weighted by atomic mass is 9.79. The van der Waals surface area contributed by atoms with E-state index in [0.717, 1.165) is 12.5 Å². The van der Waals surface area contributed by atoms with Crippen LogP contribution in [0.3, 0.4) is 0 Å². The first-order valence-corrected chi connectivity index (χ1v) is 4.70. The van der Waals surface area contributed by atoms with E-state index in [9.17, 15) is 0 Å². The number of hydrogen-bond donors (Lipinski definition) is 0. The molecule has 0 aromatic carbocycles. The average molecular weight is 150 g/mol. The maximum Gasteiger partial charge on any atom is 0.0671 e. The first kappa shape index (κ1) is 6.24. The van der Waals surface area contributed by atoms with Crippen LogP contribution in [0, 0.1) is 11.3 Å². The summed E-state index contributed by atoms with van der Waals surface area (Å²) in [6, 6.07) is 0. The second-order valence-corrected chi connectivity index (χ2v) is 4.26. The van der Waals surface area contributed by atoms with Gasteiger partial charge in [0.15, 0.2) is 0 Å². The highest BCUT2D eigenvalue weighted by atomic mass is 16.5. The highest BCUT2D eigenvalue weighted by molar-refractivity contribution is 5.20. The van der Waals surface area contributed by atoms with Gasteiger partial charge < -0.3 is 4.74 Å². The molecule has 0 radical (unpaired) electrons. The molecule has 2 aliphatic carbocycles. The Kier molecular flexibility index (Phi) is 1.07. The van der Waals surface area contributed by atoms with Gasteiger partial charge in [-0.3, -0.25) is 0 Å². The van der Waals surface area contributed by atoms with E-state index in [1.54, 1.807) is 0 Å². The van der Waals surface area contributed by atoms with Gasteiger partial charge in [0.05, 0.1) is 6.10 Å². The van der Waals surface area contributed by atoms with Crippen molar-refractivity contribution in [3.63, 3.8) is 0 Å². The molecular formula is C10H14O. The van der Waals surface area contributed by atoms with Crippen molar-refractivity contribution >= 4 is 0 Å². The molecule has 3 aliphatic rings. The van der Waals surface area contributed by atoms with Crippen molar-refractivity contribution in [1.29, 1.82) is 0 Å². The Labute approximate surface area is 67.4 Å². The summed E-state index contributed by atoms with van der Waals surface area (Å²) in [6.45, 7) is 1.01. The average Bonchev–Trinajstić information content (AvgIpc) is 2.57. The third-order valence-corrected chi connectivity index (χ3v) is 3.61. The molecule has 0 amide bonds. The second kappa shape index (κ2) is 1.89. The van der Waals surface area contributed by atoms with Crippen molar-refractivity contribution in [3.05, 3.63) is 12.2 Å². The maximum absolute atomic E-state index is 5.78. The van der Waals surface area contributed by atoms with Crippen LogP contribution in [0.1, 0.15) is 25.7 Å². The molecule has 2 bridgehead atoms. The van der Waals surface area contributed by atoms with Crippen molar-refractivity contribution in [3.8, 4) is 0 Å². The first-order chi connectivity index (χ1) is 5.39. The summed E-state index contributed by atoms with van der Waals surface area (Å²) >= 11 is 0. The molecule has 1 saturated carbocycles. The summed E-state index contributed by atoms with van der Waals surface area (Å²) in [5, 5.41) is 0. The summed E-state index contributed by atoms with van der Waals surface area (Å²) in [5.74, 6) is 0.859. The molecule has 11 heavy (non-hydrogen) atoms. The van der Waals surface area contributed by atoms with Gasteiger partial charge >= 0.3 is 0 Å². The SMILES string of the molecule is C1=CC23CCCOC2CC1C3. The van der Waals surface area contributed by atoms with Crippen LogP contribution < -0.4 is 0 Å². The smallest absolute Gasteiger partial charge is 0.0671 e. The van der Waals surface area contributed by atoms with E-state index in [1.807, 2.05) is 0 Å². The van der Waals surface area contributed by atoms with Crippen LogP contribution in [-0.4, -0.2) is 12.7 Å². The molecular weight excluding hydrogens is 136 g/mol. The van der Waals surface area contributed by atoms with E-state index in [4.69, 9.17) is 4.74 Å². The molecule has 1 aliphatic heterocycles. The van der Waals surface area contributed by atoms with E-state index in [1.165, 1.54) is 25.7 Å². The summed E-state index contributed by atoms with van der Waals surface area (Å²) in [7, 11) is 0. The van der Waals surface area contributed by atoms with Crippen LogP contribution >= 0.6 is 0 Å². The lowest BCUT2D eigenvalue weighted by molar-refractivity contribution is -0.0432. The minimum atomic E-state index is 0.503. The Balaban J connectivity index is 1.97. The Bertz CT molecular complexity index is 209. The highest BCUT2D eigenvalue weighted by Gasteiger charge is 2.50. The number of rotatable bonds is 0. The molecule has 3 rings (SSSR count). The van der Waals surface area contributed by atoms with E-state index >= 15 is 0 Å². The van der Waals surface area contributed by atoms with Crippen LogP contribution in [-0.2, 0) is 4.74 Å². The number of fused-ring (bicyclic) bond motifs is 1. The van der Waals surface area contributed by atoms with Crippen molar-refractivity contribution in [2.75, 3.05) is 6.61 Å². The second-order valence-electron chi connectivity index (χ2n) is 4.26. The Morgan fingerprint density at radius 3 is 3.27 bits per heavy atom. The van der Waals surface area contributed by atoms with Gasteiger partial charge in [0.1, 0.15) is 0 Å². The van der Waals surface area contributed by atoms with Crippen LogP contribution in [0.25, 0.3) is 0 Å². The molecule has 1 spiro atoms. The molecule has 1 saturated heterocycles. The molecule has 1 heterocycles. The van der Waals surface area contributed by atoms with Gasteiger partial charge in [-0.1, -0.05) is 12.2 Å². The fourth-order valence-electron chi connectivity index (χ4n) is 3.07. The lowest BCUT2D eigenvalue weighted by Gasteiger charge is -2.36.